The van der Waals surface area contributed by atoms with Gasteiger partial charge in [0, 0.05) is 54.2 Å². The zero-order valence-corrected chi connectivity index (χ0v) is 19.2. The van der Waals surface area contributed by atoms with Gasteiger partial charge in [-0.05, 0) is 51.7 Å². The summed E-state index contributed by atoms with van der Waals surface area (Å²) >= 11 is 0. The second kappa shape index (κ2) is 7.53. The smallest absolute Gasteiger partial charge is 0.0495 e. The van der Waals surface area contributed by atoms with Crippen LogP contribution in [0.25, 0.3) is 54.8 Å². The van der Waals surface area contributed by atoms with Gasteiger partial charge in [-0.25, -0.2) is 0 Å². The molecule has 0 bridgehead atoms. The first-order valence-corrected chi connectivity index (χ1v) is 11.4. The van der Waals surface area contributed by atoms with Gasteiger partial charge in [0.05, 0.1) is 0 Å². The number of benzene rings is 5. The van der Waals surface area contributed by atoms with Gasteiger partial charge in [0.1, 0.15) is 0 Å². The molecule has 0 aliphatic heterocycles. The number of aryl methyl sites for hydroxylation is 1. The van der Waals surface area contributed by atoms with Crippen LogP contribution >= 0.6 is 0 Å². The van der Waals surface area contributed by atoms with Crippen LogP contribution in [0.5, 0.6) is 0 Å². The summed E-state index contributed by atoms with van der Waals surface area (Å²) in [5, 5.41) is 5.25. The molecule has 2 nitrogen and oxygen atoms in total. The monoisotopic (exact) mass is 426 g/mol. The van der Waals surface area contributed by atoms with Gasteiger partial charge >= 0.3 is 0 Å². The Morgan fingerprint density at radius 1 is 0.576 bits per heavy atom. The minimum Gasteiger partial charge on any atom is -0.377 e. The molecule has 0 saturated heterocycles. The van der Waals surface area contributed by atoms with Gasteiger partial charge in [0.15, 0.2) is 0 Å². The first-order chi connectivity index (χ1) is 16.1. The standard InChI is InChI=1S/C31H26N2/c1-32(2)28-14-7-6-12-25(28)24-11-8-10-22(19-24)23-15-17-27-30(20-23)33(3)29-18-16-21-9-4-5-13-26(21)31(27)29/h4-20H,1-3H3. The van der Waals surface area contributed by atoms with E-state index in [1.807, 2.05) is 0 Å². The quantitative estimate of drug-likeness (QED) is 0.279. The lowest BCUT2D eigenvalue weighted by atomic mass is 9.97. The molecule has 2 heteroatoms. The van der Waals surface area contributed by atoms with E-state index in [0.29, 0.717) is 0 Å². The lowest BCUT2D eigenvalue weighted by Gasteiger charge is -2.18. The summed E-state index contributed by atoms with van der Waals surface area (Å²) in [5.41, 5.74) is 8.72. The molecular weight excluding hydrogens is 400 g/mol. The average molecular weight is 427 g/mol. The average Bonchev–Trinajstić information content (AvgIpc) is 3.16. The van der Waals surface area contributed by atoms with Crippen molar-refractivity contribution in [3.8, 4) is 22.3 Å². The fraction of sp³-hybridized carbons (Fsp3) is 0.0968. The van der Waals surface area contributed by atoms with Gasteiger partial charge < -0.3 is 9.47 Å². The van der Waals surface area contributed by atoms with Crippen LogP contribution in [0, 0.1) is 0 Å². The van der Waals surface area contributed by atoms with Crippen LogP contribution in [-0.2, 0) is 7.05 Å². The van der Waals surface area contributed by atoms with Crippen molar-refractivity contribution in [2.75, 3.05) is 19.0 Å². The van der Waals surface area contributed by atoms with Crippen molar-refractivity contribution in [1.29, 1.82) is 0 Å². The Hall–Kier alpha value is -4.04. The largest absolute Gasteiger partial charge is 0.377 e. The molecule has 0 radical (unpaired) electrons. The minimum atomic E-state index is 1.23. The molecule has 0 N–H and O–H groups in total. The molecule has 0 aliphatic rings. The van der Waals surface area contributed by atoms with Crippen LogP contribution in [-0.4, -0.2) is 18.7 Å². The van der Waals surface area contributed by atoms with Gasteiger partial charge in [-0.15, -0.1) is 0 Å². The third kappa shape index (κ3) is 3.10. The highest BCUT2D eigenvalue weighted by atomic mass is 15.1. The van der Waals surface area contributed by atoms with Gasteiger partial charge in [-0.3, -0.25) is 0 Å². The zero-order valence-electron chi connectivity index (χ0n) is 19.2. The van der Waals surface area contributed by atoms with Gasteiger partial charge in [0.25, 0.3) is 0 Å². The topological polar surface area (TPSA) is 8.17 Å². The Labute approximate surface area is 194 Å². The van der Waals surface area contributed by atoms with Crippen LogP contribution in [0.3, 0.4) is 0 Å². The zero-order chi connectivity index (χ0) is 22.5. The summed E-state index contributed by atoms with van der Waals surface area (Å²) in [6.45, 7) is 0. The van der Waals surface area contributed by atoms with E-state index in [2.05, 4.69) is 134 Å². The number of hydrogen-bond donors (Lipinski definition) is 0. The first-order valence-electron chi connectivity index (χ1n) is 11.4. The molecule has 160 valence electrons. The number of anilines is 1. The normalized spacial score (nSPS) is 11.5. The maximum absolute atomic E-state index is 2.33. The van der Waals surface area contributed by atoms with Crippen LogP contribution < -0.4 is 4.90 Å². The van der Waals surface area contributed by atoms with Gasteiger partial charge in [-0.1, -0.05) is 78.9 Å². The van der Waals surface area contributed by atoms with Crippen molar-refractivity contribution in [3.63, 3.8) is 0 Å². The fourth-order valence-corrected chi connectivity index (χ4v) is 5.13. The van der Waals surface area contributed by atoms with Gasteiger partial charge in [-0.2, -0.15) is 0 Å². The van der Waals surface area contributed by atoms with Crippen LogP contribution in [0.2, 0.25) is 0 Å². The van der Waals surface area contributed by atoms with Crippen molar-refractivity contribution in [3.05, 3.63) is 103 Å². The summed E-state index contributed by atoms with van der Waals surface area (Å²) < 4.78 is 2.33. The van der Waals surface area contributed by atoms with E-state index in [1.54, 1.807) is 0 Å². The molecule has 33 heavy (non-hydrogen) atoms. The molecule has 0 amide bonds. The lowest BCUT2D eigenvalue weighted by molar-refractivity contribution is 1.01. The molecule has 0 saturated carbocycles. The van der Waals surface area contributed by atoms with E-state index in [9.17, 15) is 0 Å². The molecule has 6 rings (SSSR count). The molecule has 0 unspecified atom stereocenters. The highest BCUT2D eigenvalue weighted by Gasteiger charge is 2.13. The summed E-state index contributed by atoms with van der Waals surface area (Å²) in [6, 6.07) is 37.5. The Morgan fingerprint density at radius 2 is 1.33 bits per heavy atom. The van der Waals surface area contributed by atoms with Crippen LogP contribution in [0.15, 0.2) is 103 Å². The van der Waals surface area contributed by atoms with Gasteiger partial charge in [0.2, 0.25) is 0 Å². The number of fused-ring (bicyclic) bond motifs is 5. The van der Waals surface area contributed by atoms with E-state index in [4.69, 9.17) is 0 Å². The van der Waals surface area contributed by atoms with E-state index in [0.717, 1.165) is 0 Å². The molecule has 0 fully saturated rings. The number of para-hydroxylation sites is 1. The summed E-state index contributed by atoms with van der Waals surface area (Å²) in [6.07, 6.45) is 0. The third-order valence-electron chi connectivity index (χ3n) is 6.79. The number of hydrogen-bond acceptors (Lipinski definition) is 1. The fourth-order valence-electron chi connectivity index (χ4n) is 5.13. The lowest BCUT2D eigenvalue weighted by Crippen LogP contribution is -2.09. The van der Waals surface area contributed by atoms with Crippen molar-refractivity contribution < 1.29 is 0 Å². The minimum absolute atomic E-state index is 1.23. The Morgan fingerprint density at radius 3 is 2.21 bits per heavy atom. The highest BCUT2D eigenvalue weighted by Crippen LogP contribution is 2.37. The molecule has 0 atom stereocenters. The molecule has 6 aromatic rings. The first kappa shape index (κ1) is 19.6. The van der Waals surface area contributed by atoms with Crippen molar-refractivity contribution in [2.45, 2.75) is 0 Å². The summed E-state index contributed by atoms with van der Waals surface area (Å²) in [4.78, 5) is 2.17. The van der Waals surface area contributed by atoms with E-state index >= 15 is 0 Å². The molecule has 0 spiro atoms. The van der Waals surface area contributed by atoms with Crippen molar-refractivity contribution in [1.82, 2.24) is 4.57 Å². The molecule has 1 heterocycles. The maximum Gasteiger partial charge on any atom is 0.0495 e. The summed E-state index contributed by atoms with van der Waals surface area (Å²) in [7, 11) is 6.37. The van der Waals surface area contributed by atoms with Crippen LogP contribution in [0.1, 0.15) is 0 Å². The maximum atomic E-state index is 2.33. The van der Waals surface area contributed by atoms with Crippen molar-refractivity contribution in [2.24, 2.45) is 7.05 Å². The number of rotatable bonds is 3. The predicted molar refractivity (Wildman–Crippen MR) is 143 cm³/mol. The Balaban J connectivity index is 1.54. The number of aromatic nitrogens is 1. The molecular formula is C31H26N2. The molecule has 0 aliphatic carbocycles. The Bertz CT molecular complexity index is 1650. The second-order valence-electron chi connectivity index (χ2n) is 8.96. The predicted octanol–water partition coefficient (Wildman–Crippen LogP) is 7.88. The van der Waals surface area contributed by atoms with Crippen molar-refractivity contribution >= 4 is 38.3 Å². The highest BCUT2D eigenvalue weighted by molar-refractivity contribution is 6.21. The Kier molecular flexibility index (Phi) is 4.48. The van der Waals surface area contributed by atoms with E-state index in [1.165, 1.54) is 60.5 Å². The third-order valence-corrected chi connectivity index (χ3v) is 6.79. The number of nitrogens with zero attached hydrogens (tertiary/aromatic N) is 2. The molecule has 1 aromatic heterocycles. The SMILES string of the molecule is CN(C)c1ccccc1-c1cccc(-c2ccc3c4c5ccccc5ccc4n(C)c3c2)c1. The second-order valence-corrected chi connectivity index (χ2v) is 8.96. The van der Waals surface area contributed by atoms with Crippen LogP contribution in [0.4, 0.5) is 5.69 Å². The molecule has 5 aromatic carbocycles. The van der Waals surface area contributed by atoms with E-state index in [-0.39, 0.29) is 0 Å². The summed E-state index contributed by atoms with van der Waals surface area (Å²) in [5.74, 6) is 0. The van der Waals surface area contributed by atoms with E-state index < -0.39 is 0 Å².